The summed E-state index contributed by atoms with van der Waals surface area (Å²) in [5.74, 6) is 1.13. The summed E-state index contributed by atoms with van der Waals surface area (Å²) < 4.78 is 2.36. The van der Waals surface area contributed by atoms with Gasteiger partial charge in [-0.1, -0.05) is 24.9 Å². The van der Waals surface area contributed by atoms with Gasteiger partial charge in [0.25, 0.3) is 0 Å². The molecule has 1 saturated carbocycles. The van der Waals surface area contributed by atoms with E-state index in [1.165, 1.54) is 12.8 Å². The lowest BCUT2D eigenvalue weighted by Crippen LogP contribution is -2.24. The molecule has 3 nitrogen and oxygen atoms in total. The lowest BCUT2D eigenvalue weighted by atomic mass is 10.1. The number of halogens is 1. The van der Waals surface area contributed by atoms with E-state index in [0.717, 1.165) is 41.1 Å². The first-order valence-electron chi connectivity index (χ1n) is 7.11. The number of imidazole rings is 1. The Morgan fingerprint density at radius 3 is 2.95 bits per heavy atom. The number of aromatic nitrogens is 2. The predicted molar refractivity (Wildman–Crippen MR) is 79.6 cm³/mol. The molecule has 1 aromatic carbocycles. The number of nitrogens with two attached hydrogens (primary N) is 1. The lowest BCUT2D eigenvalue weighted by molar-refractivity contribution is 0.564. The van der Waals surface area contributed by atoms with Crippen molar-refractivity contribution in [2.75, 3.05) is 0 Å². The van der Waals surface area contributed by atoms with Crippen LogP contribution in [0.1, 0.15) is 44.5 Å². The standard InChI is InChI=1S/C15H20ClN3/c1-2-3-11(17)9-15-18-13-7-4-10(16)8-14(13)19(15)12-5-6-12/h4,7-8,11-12H,2-3,5-6,9,17H2,1H3. The van der Waals surface area contributed by atoms with Crippen molar-refractivity contribution in [2.24, 2.45) is 5.73 Å². The zero-order valence-electron chi connectivity index (χ0n) is 11.3. The molecule has 1 aromatic heterocycles. The van der Waals surface area contributed by atoms with Crippen LogP contribution in [0.2, 0.25) is 5.02 Å². The Hall–Kier alpha value is -1.06. The summed E-state index contributed by atoms with van der Waals surface area (Å²) in [6.45, 7) is 2.17. The van der Waals surface area contributed by atoms with Crippen LogP contribution in [0.4, 0.5) is 0 Å². The minimum atomic E-state index is 0.204. The van der Waals surface area contributed by atoms with E-state index < -0.39 is 0 Å². The first-order valence-corrected chi connectivity index (χ1v) is 7.48. The van der Waals surface area contributed by atoms with Gasteiger partial charge < -0.3 is 10.3 Å². The molecule has 0 radical (unpaired) electrons. The lowest BCUT2D eigenvalue weighted by Gasteiger charge is -2.12. The van der Waals surface area contributed by atoms with Crippen LogP contribution in [-0.4, -0.2) is 15.6 Å². The van der Waals surface area contributed by atoms with Gasteiger partial charge in [-0.15, -0.1) is 0 Å². The fraction of sp³-hybridized carbons (Fsp3) is 0.533. The van der Waals surface area contributed by atoms with Crippen molar-refractivity contribution in [1.82, 2.24) is 9.55 Å². The van der Waals surface area contributed by atoms with Gasteiger partial charge in [0.05, 0.1) is 11.0 Å². The third-order valence-electron chi connectivity index (χ3n) is 3.74. The molecule has 0 saturated heterocycles. The van der Waals surface area contributed by atoms with Crippen molar-refractivity contribution < 1.29 is 0 Å². The number of nitrogens with zero attached hydrogens (tertiary/aromatic N) is 2. The van der Waals surface area contributed by atoms with Gasteiger partial charge in [0.1, 0.15) is 5.82 Å². The predicted octanol–water partition coefficient (Wildman–Crippen LogP) is 3.69. The summed E-state index contributed by atoms with van der Waals surface area (Å²) in [5.41, 5.74) is 8.38. The third-order valence-corrected chi connectivity index (χ3v) is 3.98. The van der Waals surface area contributed by atoms with Gasteiger partial charge >= 0.3 is 0 Å². The van der Waals surface area contributed by atoms with Crippen LogP contribution in [0.25, 0.3) is 11.0 Å². The Morgan fingerprint density at radius 2 is 2.26 bits per heavy atom. The second kappa shape index (κ2) is 5.14. The van der Waals surface area contributed by atoms with Gasteiger partial charge in [-0.2, -0.15) is 0 Å². The molecule has 102 valence electrons. The van der Waals surface area contributed by atoms with Crippen molar-refractivity contribution in [3.63, 3.8) is 0 Å². The Morgan fingerprint density at radius 1 is 1.47 bits per heavy atom. The van der Waals surface area contributed by atoms with Crippen molar-refractivity contribution in [3.8, 4) is 0 Å². The topological polar surface area (TPSA) is 43.8 Å². The van der Waals surface area contributed by atoms with Crippen molar-refractivity contribution in [2.45, 2.75) is 51.1 Å². The monoisotopic (exact) mass is 277 g/mol. The minimum absolute atomic E-state index is 0.204. The fourth-order valence-electron chi connectivity index (χ4n) is 2.71. The SMILES string of the molecule is CCCC(N)Cc1nc2ccc(Cl)cc2n1C1CC1. The van der Waals surface area contributed by atoms with E-state index in [9.17, 15) is 0 Å². The number of benzene rings is 1. The quantitative estimate of drug-likeness (QED) is 0.906. The molecule has 4 heteroatoms. The Balaban J connectivity index is 2.00. The van der Waals surface area contributed by atoms with Crippen LogP contribution >= 0.6 is 11.6 Å². The van der Waals surface area contributed by atoms with E-state index in [1.54, 1.807) is 0 Å². The van der Waals surface area contributed by atoms with Gasteiger partial charge in [-0.3, -0.25) is 0 Å². The molecule has 19 heavy (non-hydrogen) atoms. The van der Waals surface area contributed by atoms with E-state index in [4.69, 9.17) is 22.3 Å². The number of rotatable bonds is 5. The second-order valence-corrected chi connectivity index (χ2v) is 5.95. The maximum absolute atomic E-state index is 6.18. The summed E-state index contributed by atoms with van der Waals surface area (Å²) in [6, 6.07) is 6.74. The zero-order valence-corrected chi connectivity index (χ0v) is 12.0. The second-order valence-electron chi connectivity index (χ2n) is 5.52. The fourth-order valence-corrected chi connectivity index (χ4v) is 2.87. The molecule has 2 N–H and O–H groups in total. The zero-order chi connectivity index (χ0) is 13.4. The van der Waals surface area contributed by atoms with Gasteiger partial charge in [0.15, 0.2) is 0 Å². The summed E-state index contributed by atoms with van der Waals surface area (Å²) in [7, 11) is 0. The maximum Gasteiger partial charge on any atom is 0.111 e. The van der Waals surface area contributed by atoms with Crippen molar-refractivity contribution in [3.05, 3.63) is 29.0 Å². The summed E-state index contributed by atoms with van der Waals surface area (Å²) in [6.07, 6.45) is 5.52. The normalized spacial score (nSPS) is 17.0. The van der Waals surface area contributed by atoms with E-state index in [-0.39, 0.29) is 6.04 Å². The Kier molecular flexibility index (Phi) is 3.50. The summed E-state index contributed by atoms with van der Waals surface area (Å²) in [4.78, 5) is 4.76. The molecule has 0 spiro atoms. The highest BCUT2D eigenvalue weighted by Gasteiger charge is 2.28. The highest BCUT2D eigenvalue weighted by Crippen LogP contribution is 2.39. The highest BCUT2D eigenvalue weighted by atomic mass is 35.5. The average molecular weight is 278 g/mol. The largest absolute Gasteiger partial charge is 0.327 e. The molecular weight excluding hydrogens is 258 g/mol. The highest BCUT2D eigenvalue weighted by molar-refractivity contribution is 6.31. The average Bonchev–Trinajstić information content (AvgIpc) is 3.12. The van der Waals surface area contributed by atoms with E-state index in [2.05, 4.69) is 11.5 Å². The van der Waals surface area contributed by atoms with Crippen LogP contribution in [0.15, 0.2) is 18.2 Å². The van der Waals surface area contributed by atoms with Crippen LogP contribution < -0.4 is 5.73 Å². The van der Waals surface area contributed by atoms with E-state index >= 15 is 0 Å². The van der Waals surface area contributed by atoms with Crippen molar-refractivity contribution >= 4 is 22.6 Å². The molecule has 2 aromatic rings. The smallest absolute Gasteiger partial charge is 0.111 e. The van der Waals surface area contributed by atoms with Crippen LogP contribution in [-0.2, 0) is 6.42 Å². The molecule has 0 aliphatic heterocycles. The molecule has 1 aliphatic carbocycles. The van der Waals surface area contributed by atoms with Crippen LogP contribution in [0.3, 0.4) is 0 Å². The van der Waals surface area contributed by atoms with Crippen LogP contribution in [0, 0.1) is 0 Å². The van der Waals surface area contributed by atoms with Gasteiger partial charge in [-0.25, -0.2) is 4.98 Å². The van der Waals surface area contributed by atoms with E-state index in [0.29, 0.717) is 6.04 Å². The van der Waals surface area contributed by atoms with Gasteiger partial charge in [-0.05, 0) is 37.5 Å². The van der Waals surface area contributed by atoms with Crippen LogP contribution in [0.5, 0.6) is 0 Å². The first kappa shape index (κ1) is 12.9. The molecule has 1 atom stereocenters. The van der Waals surface area contributed by atoms with Crippen molar-refractivity contribution in [1.29, 1.82) is 0 Å². The summed E-state index contributed by atoms with van der Waals surface area (Å²) >= 11 is 6.11. The number of hydrogen-bond donors (Lipinski definition) is 1. The van der Waals surface area contributed by atoms with E-state index in [1.807, 2.05) is 18.2 Å². The molecule has 3 rings (SSSR count). The molecule has 1 heterocycles. The molecule has 1 aliphatic rings. The maximum atomic E-state index is 6.18. The number of fused-ring (bicyclic) bond motifs is 1. The van der Waals surface area contributed by atoms with Gasteiger partial charge in [0.2, 0.25) is 0 Å². The third kappa shape index (κ3) is 2.63. The molecule has 1 fully saturated rings. The molecule has 1 unspecified atom stereocenters. The van der Waals surface area contributed by atoms with Gasteiger partial charge in [0, 0.05) is 23.5 Å². The molecule has 0 amide bonds. The molecule has 0 bridgehead atoms. The summed E-state index contributed by atoms with van der Waals surface area (Å²) in [5, 5.41) is 0.777. The number of hydrogen-bond acceptors (Lipinski definition) is 2. The first-order chi connectivity index (χ1) is 9.19. The Bertz CT molecular complexity index is 586. The Labute approximate surface area is 118 Å². The minimum Gasteiger partial charge on any atom is -0.327 e. The molecular formula is C15H20ClN3.